The molecule has 0 radical (unpaired) electrons. The normalized spacial score (nSPS) is 14.7. The number of rotatable bonds is 5. The number of carbonyl (C=O) groups is 2. The summed E-state index contributed by atoms with van der Waals surface area (Å²) in [5.41, 5.74) is 3.08. The molecule has 1 aromatic carbocycles. The SMILES string of the molecule is CCc1cccc(CC)c1NC(=O)CN1C(=O)CSC1=S. The number of para-hydroxylation sites is 1. The highest BCUT2D eigenvalue weighted by molar-refractivity contribution is 8.23. The smallest absolute Gasteiger partial charge is 0.244 e. The minimum atomic E-state index is -0.205. The third-order valence-corrected chi connectivity index (χ3v) is 4.84. The minimum absolute atomic E-state index is 0.00807. The Labute approximate surface area is 134 Å². The van der Waals surface area contributed by atoms with E-state index in [0.717, 1.165) is 29.7 Å². The van der Waals surface area contributed by atoms with Gasteiger partial charge >= 0.3 is 0 Å². The Morgan fingerprint density at radius 2 is 1.95 bits per heavy atom. The number of hydrogen-bond acceptors (Lipinski definition) is 4. The van der Waals surface area contributed by atoms with Gasteiger partial charge in [-0.1, -0.05) is 56.0 Å². The van der Waals surface area contributed by atoms with Gasteiger partial charge in [0.05, 0.1) is 5.75 Å². The molecule has 0 saturated carbocycles. The summed E-state index contributed by atoms with van der Waals surface area (Å²) in [6.07, 6.45) is 1.70. The summed E-state index contributed by atoms with van der Waals surface area (Å²) < 4.78 is 0.481. The van der Waals surface area contributed by atoms with Crippen molar-refractivity contribution >= 4 is 45.8 Å². The summed E-state index contributed by atoms with van der Waals surface area (Å²) in [6, 6.07) is 6.02. The highest BCUT2D eigenvalue weighted by Gasteiger charge is 2.28. The van der Waals surface area contributed by atoms with Crippen LogP contribution in [0.5, 0.6) is 0 Å². The van der Waals surface area contributed by atoms with E-state index >= 15 is 0 Å². The molecule has 1 aliphatic rings. The second-order valence-electron chi connectivity index (χ2n) is 4.74. The van der Waals surface area contributed by atoms with Crippen LogP contribution in [0.25, 0.3) is 0 Å². The van der Waals surface area contributed by atoms with Gasteiger partial charge in [0.2, 0.25) is 11.8 Å². The fourth-order valence-corrected chi connectivity index (χ4v) is 3.33. The number of amides is 2. The van der Waals surface area contributed by atoms with Crippen LogP contribution in [0.4, 0.5) is 5.69 Å². The van der Waals surface area contributed by atoms with Gasteiger partial charge in [-0.3, -0.25) is 14.5 Å². The van der Waals surface area contributed by atoms with E-state index in [1.807, 2.05) is 18.2 Å². The molecule has 1 fully saturated rings. The lowest BCUT2D eigenvalue weighted by Gasteiger charge is -2.17. The lowest BCUT2D eigenvalue weighted by Crippen LogP contribution is -2.36. The molecule has 2 rings (SSSR count). The zero-order valence-electron chi connectivity index (χ0n) is 12.1. The molecule has 2 amide bonds. The van der Waals surface area contributed by atoms with Crippen molar-refractivity contribution in [3.05, 3.63) is 29.3 Å². The molecule has 1 saturated heterocycles. The summed E-state index contributed by atoms with van der Waals surface area (Å²) in [7, 11) is 0. The van der Waals surface area contributed by atoms with Crippen LogP contribution in [0.15, 0.2) is 18.2 Å². The topological polar surface area (TPSA) is 49.4 Å². The molecule has 0 aliphatic carbocycles. The lowest BCUT2D eigenvalue weighted by molar-refractivity contribution is -0.128. The first-order valence-electron chi connectivity index (χ1n) is 6.94. The Hall–Kier alpha value is -1.40. The van der Waals surface area contributed by atoms with Crippen LogP contribution in [0.2, 0.25) is 0 Å². The molecule has 1 N–H and O–H groups in total. The van der Waals surface area contributed by atoms with E-state index in [1.165, 1.54) is 16.7 Å². The van der Waals surface area contributed by atoms with Crippen LogP contribution in [-0.2, 0) is 22.4 Å². The van der Waals surface area contributed by atoms with Crippen LogP contribution in [-0.4, -0.2) is 33.3 Å². The van der Waals surface area contributed by atoms with Gasteiger partial charge in [0.1, 0.15) is 10.9 Å². The second kappa shape index (κ2) is 7.04. The first kappa shape index (κ1) is 16.0. The first-order valence-corrected chi connectivity index (χ1v) is 8.33. The van der Waals surface area contributed by atoms with E-state index in [0.29, 0.717) is 10.1 Å². The van der Waals surface area contributed by atoms with Crippen LogP contribution < -0.4 is 5.32 Å². The van der Waals surface area contributed by atoms with Crippen molar-refractivity contribution in [2.24, 2.45) is 0 Å². The van der Waals surface area contributed by atoms with E-state index in [1.54, 1.807) is 0 Å². The molecule has 0 unspecified atom stereocenters. The molecule has 21 heavy (non-hydrogen) atoms. The number of aryl methyl sites for hydroxylation is 2. The molecule has 0 spiro atoms. The average Bonchev–Trinajstić information content (AvgIpc) is 2.79. The number of hydrogen-bond donors (Lipinski definition) is 1. The predicted molar refractivity (Wildman–Crippen MR) is 90.6 cm³/mol. The fourth-order valence-electron chi connectivity index (χ4n) is 2.26. The van der Waals surface area contributed by atoms with E-state index in [2.05, 4.69) is 19.2 Å². The van der Waals surface area contributed by atoms with E-state index in [-0.39, 0.29) is 18.4 Å². The molecule has 4 nitrogen and oxygen atoms in total. The largest absolute Gasteiger partial charge is 0.324 e. The molecule has 0 bridgehead atoms. The Balaban J connectivity index is 2.13. The highest BCUT2D eigenvalue weighted by atomic mass is 32.2. The van der Waals surface area contributed by atoms with Crippen molar-refractivity contribution in [1.82, 2.24) is 4.90 Å². The maximum atomic E-state index is 12.2. The summed E-state index contributed by atoms with van der Waals surface area (Å²) in [5.74, 6) is 0.0289. The summed E-state index contributed by atoms with van der Waals surface area (Å²) in [5, 5.41) is 2.95. The molecule has 0 aromatic heterocycles. The fraction of sp³-hybridized carbons (Fsp3) is 0.400. The summed E-state index contributed by atoms with van der Waals surface area (Å²) in [4.78, 5) is 25.2. The number of nitrogens with zero attached hydrogens (tertiary/aromatic N) is 1. The van der Waals surface area contributed by atoms with E-state index in [4.69, 9.17) is 12.2 Å². The maximum Gasteiger partial charge on any atom is 0.244 e. The van der Waals surface area contributed by atoms with Gasteiger partial charge in [-0.15, -0.1) is 0 Å². The molecule has 1 heterocycles. The molecule has 112 valence electrons. The van der Waals surface area contributed by atoms with E-state index < -0.39 is 0 Å². The van der Waals surface area contributed by atoms with Crippen molar-refractivity contribution in [2.75, 3.05) is 17.6 Å². The van der Waals surface area contributed by atoms with Gasteiger partial charge in [0.15, 0.2) is 0 Å². The third-order valence-electron chi connectivity index (χ3n) is 3.41. The average molecular weight is 322 g/mol. The first-order chi connectivity index (χ1) is 10.1. The van der Waals surface area contributed by atoms with Gasteiger partial charge in [-0.2, -0.15) is 0 Å². The van der Waals surface area contributed by atoms with Gasteiger partial charge < -0.3 is 5.32 Å². The molecular formula is C15H18N2O2S2. The highest BCUT2D eigenvalue weighted by Crippen LogP contribution is 2.23. The Bertz CT molecular complexity index is 549. The zero-order chi connectivity index (χ0) is 15.4. The number of nitrogens with one attached hydrogen (secondary N) is 1. The lowest BCUT2D eigenvalue weighted by atomic mass is 10.0. The van der Waals surface area contributed by atoms with Crippen LogP contribution in [0, 0.1) is 0 Å². The van der Waals surface area contributed by atoms with Gasteiger partial charge in [0, 0.05) is 5.69 Å². The van der Waals surface area contributed by atoms with Crippen LogP contribution >= 0.6 is 24.0 Å². The Morgan fingerprint density at radius 3 is 2.43 bits per heavy atom. The van der Waals surface area contributed by atoms with E-state index in [9.17, 15) is 9.59 Å². The van der Waals surface area contributed by atoms with Crippen molar-refractivity contribution in [3.8, 4) is 0 Å². The number of thiocarbonyl (C=S) groups is 1. The summed E-state index contributed by atoms with van der Waals surface area (Å²) >= 11 is 6.39. The molecule has 1 aromatic rings. The second-order valence-corrected chi connectivity index (χ2v) is 6.35. The molecule has 1 aliphatic heterocycles. The third kappa shape index (κ3) is 3.63. The van der Waals surface area contributed by atoms with Gasteiger partial charge in [-0.25, -0.2) is 0 Å². The zero-order valence-corrected chi connectivity index (χ0v) is 13.8. The number of anilines is 1. The van der Waals surface area contributed by atoms with Crippen LogP contribution in [0.1, 0.15) is 25.0 Å². The van der Waals surface area contributed by atoms with Gasteiger partial charge in [0.25, 0.3) is 0 Å². The van der Waals surface area contributed by atoms with Crippen molar-refractivity contribution in [2.45, 2.75) is 26.7 Å². The predicted octanol–water partition coefficient (Wildman–Crippen LogP) is 2.61. The molecule has 0 atom stereocenters. The van der Waals surface area contributed by atoms with Crippen LogP contribution in [0.3, 0.4) is 0 Å². The number of carbonyl (C=O) groups excluding carboxylic acids is 2. The molecular weight excluding hydrogens is 304 g/mol. The van der Waals surface area contributed by atoms with Crippen molar-refractivity contribution < 1.29 is 9.59 Å². The standard InChI is InChI=1S/C15H18N2O2S2/c1-3-10-6-5-7-11(4-2)14(10)16-12(18)8-17-13(19)9-21-15(17)20/h5-7H,3-4,8-9H2,1-2H3,(H,16,18). The molecule has 6 heteroatoms. The quantitative estimate of drug-likeness (QED) is 0.847. The summed E-state index contributed by atoms with van der Waals surface area (Å²) in [6.45, 7) is 4.10. The number of thioether (sulfide) groups is 1. The van der Waals surface area contributed by atoms with Crippen molar-refractivity contribution in [1.29, 1.82) is 0 Å². The minimum Gasteiger partial charge on any atom is -0.324 e. The maximum absolute atomic E-state index is 12.2. The monoisotopic (exact) mass is 322 g/mol. The van der Waals surface area contributed by atoms with Gasteiger partial charge in [-0.05, 0) is 24.0 Å². The van der Waals surface area contributed by atoms with Crippen molar-refractivity contribution in [3.63, 3.8) is 0 Å². The number of benzene rings is 1. The Kier molecular flexibility index (Phi) is 5.36. The Morgan fingerprint density at radius 1 is 1.33 bits per heavy atom.